The molecule has 2 aliphatic carbocycles. The second kappa shape index (κ2) is 6.04. The van der Waals surface area contributed by atoms with E-state index in [1.165, 1.54) is 12.7 Å². The van der Waals surface area contributed by atoms with E-state index in [1.807, 2.05) is 18.2 Å². The highest BCUT2D eigenvalue weighted by Crippen LogP contribution is 2.59. The smallest absolute Gasteiger partial charge is 0.309 e. The summed E-state index contributed by atoms with van der Waals surface area (Å²) in [4.78, 5) is 12.2. The Morgan fingerprint density at radius 3 is 2.27 bits per heavy atom. The molecule has 2 aliphatic rings. The molecule has 3 heteroatoms. The maximum absolute atomic E-state index is 12.2. The van der Waals surface area contributed by atoms with E-state index in [-0.39, 0.29) is 23.9 Å². The molecule has 7 atom stereocenters. The lowest BCUT2D eigenvalue weighted by atomic mass is 9.70. The van der Waals surface area contributed by atoms with Crippen molar-refractivity contribution in [2.75, 3.05) is 7.11 Å². The van der Waals surface area contributed by atoms with Gasteiger partial charge in [-0.15, -0.1) is 0 Å². The summed E-state index contributed by atoms with van der Waals surface area (Å²) in [6.07, 6.45) is 0.171. The fraction of sp³-hybridized carbons (Fsp3) is 0.632. The number of rotatable bonds is 4. The number of carbonyl (C=O) groups excluding carboxylic acids is 1. The topological polar surface area (TPSA) is 35.5 Å². The van der Waals surface area contributed by atoms with E-state index >= 15 is 0 Å². The van der Waals surface area contributed by atoms with Crippen LogP contribution in [-0.2, 0) is 20.9 Å². The minimum absolute atomic E-state index is 0.0121. The lowest BCUT2D eigenvalue weighted by molar-refractivity contribution is -0.151. The first-order chi connectivity index (χ1) is 10.6. The molecule has 1 aromatic rings. The highest BCUT2D eigenvalue weighted by Gasteiger charge is 2.62. The van der Waals surface area contributed by atoms with Gasteiger partial charge in [-0.05, 0) is 29.2 Å². The Kier molecular flexibility index (Phi) is 4.26. The predicted octanol–water partition coefficient (Wildman–Crippen LogP) is 3.53. The molecule has 0 aromatic heterocycles. The average Bonchev–Trinajstić information content (AvgIpc) is 2.95. The van der Waals surface area contributed by atoms with Crippen molar-refractivity contribution >= 4 is 5.97 Å². The molecule has 0 saturated heterocycles. The van der Waals surface area contributed by atoms with Gasteiger partial charge in [-0.2, -0.15) is 0 Å². The molecule has 0 N–H and O–H groups in total. The first-order valence-electron chi connectivity index (χ1n) is 8.29. The van der Waals surface area contributed by atoms with Crippen LogP contribution < -0.4 is 0 Å². The van der Waals surface area contributed by atoms with Crippen molar-refractivity contribution < 1.29 is 14.3 Å². The van der Waals surface area contributed by atoms with Gasteiger partial charge in [-0.1, -0.05) is 51.1 Å². The van der Waals surface area contributed by atoms with E-state index in [4.69, 9.17) is 9.47 Å². The number of carbonyl (C=O) groups is 1. The van der Waals surface area contributed by atoms with Crippen molar-refractivity contribution in [2.24, 2.45) is 35.5 Å². The lowest BCUT2D eigenvalue weighted by Gasteiger charge is -2.34. The van der Waals surface area contributed by atoms with E-state index < -0.39 is 0 Å². The minimum Gasteiger partial charge on any atom is -0.469 e. The van der Waals surface area contributed by atoms with Crippen LogP contribution in [0, 0.1) is 35.5 Å². The Morgan fingerprint density at radius 1 is 1.00 bits per heavy atom. The summed E-state index contributed by atoms with van der Waals surface area (Å²) in [5, 5.41) is 0. The summed E-state index contributed by atoms with van der Waals surface area (Å²) in [6, 6.07) is 10.3. The summed E-state index contributed by atoms with van der Waals surface area (Å²) < 4.78 is 11.4. The number of ether oxygens (including phenoxy) is 2. The van der Waals surface area contributed by atoms with Crippen molar-refractivity contribution in [3.05, 3.63) is 35.9 Å². The number of hydrogen-bond acceptors (Lipinski definition) is 3. The first kappa shape index (κ1) is 15.5. The van der Waals surface area contributed by atoms with Crippen molar-refractivity contribution in [3.63, 3.8) is 0 Å². The maximum Gasteiger partial charge on any atom is 0.309 e. The van der Waals surface area contributed by atoms with Gasteiger partial charge in [0.15, 0.2) is 0 Å². The Balaban J connectivity index is 1.78. The Bertz CT molecular complexity index is 527. The predicted molar refractivity (Wildman–Crippen MR) is 85.0 cm³/mol. The van der Waals surface area contributed by atoms with Gasteiger partial charge in [0.25, 0.3) is 0 Å². The fourth-order valence-corrected chi connectivity index (χ4v) is 4.95. The van der Waals surface area contributed by atoms with E-state index in [0.29, 0.717) is 30.3 Å². The lowest BCUT2D eigenvalue weighted by Crippen LogP contribution is -2.36. The van der Waals surface area contributed by atoms with Crippen LogP contribution in [0.25, 0.3) is 0 Å². The fourth-order valence-electron chi connectivity index (χ4n) is 4.95. The minimum atomic E-state index is -0.0629. The van der Waals surface area contributed by atoms with Gasteiger partial charge in [-0.25, -0.2) is 0 Å². The Morgan fingerprint density at radius 2 is 1.64 bits per heavy atom. The maximum atomic E-state index is 12.2. The van der Waals surface area contributed by atoms with Crippen LogP contribution >= 0.6 is 0 Å². The van der Waals surface area contributed by atoms with Crippen LogP contribution in [0.5, 0.6) is 0 Å². The van der Waals surface area contributed by atoms with Gasteiger partial charge in [0.2, 0.25) is 0 Å². The van der Waals surface area contributed by atoms with E-state index in [0.717, 1.165) is 0 Å². The van der Waals surface area contributed by atoms with Crippen molar-refractivity contribution in [3.8, 4) is 0 Å². The van der Waals surface area contributed by atoms with Crippen molar-refractivity contribution in [2.45, 2.75) is 33.5 Å². The van der Waals surface area contributed by atoms with Gasteiger partial charge < -0.3 is 9.47 Å². The van der Waals surface area contributed by atoms with Crippen LogP contribution in [0.2, 0.25) is 0 Å². The van der Waals surface area contributed by atoms with Crippen LogP contribution in [0.4, 0.5) is 0 Å². The molecule has 2 saturated carbocycles. The summed E-state index contributed by atoms with van der Waals surface area (Å²) in [5.74, 6) is 2.10. The van der Waals surface area contributed by atoms with Gasteiger partial charge >= 0.3 is 5.97 Å². The zero-order chi connectivity index (χ0) is 15.9. The molecule has 0 amide bonds. The van der Waals surface area contributed by atoms with Crippen LogP contribution in [0.15, 0.2) is 30.3 Å². The zero-order valence-electron chi connectivity index (χ0n) is 13.9. The molecule has 2 bridgehead atoms. The normalized spacial score (nSPS) is 39.9. The highest BCUT2D eigenvalue weighted by atomic mass is 16.5. The number of methoxy groups -OCH3 is 1. The van der Waals surface area contributed by atoms with Crippen LogP contribution in [0.1, 0.15) is 26.3 Å². The Labute approximate surface area is 133 Å². The third kappa shape index (κ3) is 2.36. The Hall–Kier alpha value is -1.35. The molecule has 0 heterocycles. The van der Waals surface area contributed by atoms with Crippen LogP contribution in [-0.4, -0.2) is 19.2 Å². The largest absolute Gasteiger partial charge is 0.469 e. The van der Waals surface area contributed by atoms with E-state index in [2.05, 4.69) is 32.9 Å². The van der Waals surface area contributed by atoms with Crippen molar-refractivity contribution in [1.29, 1.82) is 0 Å². The molecule has 0 aliphatic heterocycles. The summed E-state index contributed by atoms with van der Waals surface area (Å²) in [7, 11) is 1.50. The highest BCUT2D eigenvalue weighted by molar-refractivity contribution is 5.74. The molecule has 120 valence electrons. The quantitative estimate of drug-likeness (QED) is 0.798. The standard InChI is InChI=1S/C19H26O3/c1-11-12(2)16-17(19(20)21-4)13(3)15(11)18(16)22-10-14-8-6-5-7-9-14/h5-9,11-13,15-18H,10H2,1-4H3/t11?,12?,13-,15?,16?,17-,18?/m1/s1. The number of benzene rings is 1. The molecule has 3 rings (SSSR count). The van der Waals surface area contributed by atoms with E-state index in [1.54, 1.807) is 0 Å². The molecule has 3 nitrogen and oxygen atoms in total. The molecule has 22 heavy (non-hydrogen) atoms. The van der Waals surface area contributed by atoms with Gasteiger partial charge in [0.05, 0.1) is 25.7 Å². The third-order valence-electron chi connectivity index (χ3n) is 6.15. The second-order valence-electron chi connectivity index (χ2n) is 7.04. The van der Waals surface area contributed by atoms with Gasteiger partial charge in [-0.3, -0.25) is 4.79 Å². The average molecular weight is 302 g/mol. The monoisotopic (exact) mass is 302 g/mol. The molecular weight excluding hydrogens is 276 g/mol. The zero-order valence-corrected chi connectivity index (χ0v) is 13.9. The number of esters is 1. The molecule has 1 aromatic carbocycles. The summed E-state index contributed by atoms with van der Waals surface area (Å²) in [6.45, 7) is 7.38. The molecule has 5 unspecified atom stereocenters. The third-order valence-corrected chi connectivity index (χ3v) is 6.15. The molecule has 2 fully saturated rings. The molecular formula is C19H26O3. The van der Waals surface area contributed by atoms with Crippen LogP contribution in [0.3, 0.4) is 0 Å². The molecule has 0 radical (unpaired) electrons. The number of fused-ring (bicyclic) bond motifs is 2. The first-order valence-corrected chi connectivity index (χ1v) is 8.29. The SMILES string of the molecule is COC(=O)[C@H]1C2C(C)C(C)C(C2OCc2ccccc2)[C@H]1C. The van der Waals surface area contributed by atoms with Crippen molar-refractivity contribution in [1.82, 2.24) is 0 Å². The number of hydrogen-bond donors (Lipinski definition) is 0. The van der Waals surface area contributed by atoms with Gasteiger partial charge in [0.1, 0.15) is 0 Å². The molecule has 0 spiro atoms. The van der Waals surface area contributed by atoms with E-state index in [9.17, 15) is 4.79 Å². The summed E-state index contributed by atoms with van der Waals surface area (Å²) >= 11 is 0. The second-order valence-corrected chi connectivity index (χ2v) is 7.04. The summed E-state index contributed by atoms with van der Waals surface area (Å²) in [5.41, 5.74) is 1.19. The van der Waals surface area contributed by atoms with Gasteiger partial charge in [0, 0.05) is 5.92 Å².